The van der Waals surface area contributed by atoms with Crippen molar-refractivity contribution >= 4 is 56.1 Å². The maximum Gasteiger partial charge on any atom is 0.308 e. The second kappa shape index (κ2) is 8.75. The van der Waals surface area contributed by atoms with Crippen molar-refractivity contribution in [3.8, 4) is 28.4 Å². The smallest absolute Gasteiger partial charge is 0.308 e. The van der Waals surface area contributed by atoms with Crippen LogP contribution in [-0.4, -0.2) is 5.97 Å². The number of halogens is 3. The summed E-state index contributed by atoms with van der Waals surface area (Å²) in [5.74, 6) is 1.25. The molecule has 0 radical (unpaired) electrons. The fraction of sp³-hybridized carbons (Fsp3) is 0.0435. The molecule has 0 atom stereocenters. The van der Waals surface area contributed by atoms with Gasteiger partial charge in [0.1, 0.15) is 28.4 Å². The third-order valence-electron chi connectivity index (χ3n) is 4.37. The van der Waals surface area contributed by atoms with Crippen molar-refractivity contribution in [2.45, 2.75) is 6.92 Å². The Kier molecular flexibility index (Phi) is 6.05. The van der Waals surface area contributed by atoms with Crippen molar-refractivity contribution < 1.29 is 18.7 Å². The average molecular weight is 520 g/mol. The van der Waals surface area contributed by atoms with Crippen molar-refractivity contribution in [3.05, 3.63) is 85.6 Å². The zero-order valence-electron chi connectivity index (χ0n) is 15.9. The van der Waals surface area contributed by atoms with E-state index in [4.69, 9.17) is 37.1 Å². The highest BCUT2D eigenvalue weighted by atomic mass is 79.9. The van der Waals surface area contributed by atoms with Crippen molar-refractivity contribution in [2.75, 3.05) is 0 Å². The highest BCUT2D eigenvalue weighted by Crippen LogP contribution is 2.50. The molecule has 2 bridgehead atoms. The van der Waals surface area contributed by atoms with Gasteiger partial charge in [-0.25, -0.2) is 0 Å². The minimum absolute atomic E-state index is 0.131. The van der Waals surface area contributed by atoms with Crippen molar-refractivity contribution in [2.24, 2.45) is 0 Å². The summed E-state index contributed by atoms with van der Waals surface area (Å²) in [7, 11) is 0. The molecule has 0 spiro atoms. The highest BCUT2D eigenvalue weighted by molar-refractivity contribution is 9.10. The Bertz CT molecular complexity index is 1370. The van der Waals surface area contributed by atoms with Gasteiger partial charge in [-0.05, 0) is 42.0 Å². The van der Waals surface area contributed by atoms with Crippen LogP contribution in [0.1, 0.15) is 6.92 Å². The molecule has 0 saturated heterocycles. The Balaban J connectivity index is 0.000000212. The fourth-order valence-corrected chi connectivity index (χ4v) is 3.83. The minimum Gasteiger partial charge on any atom is -0.463 e. The molecule has 0 N–H and O–H groups in total. The molecular weight excluding hydrogens is 507 g/mol. The lowest BCUT2D eigenvalue weighted by atomic mass is 10.1. The van der Waals surface area contributed by atoms with Crippen LogP contribution in [0.4, 0.5) is 0 Å². The minimum atomic E-state index is -0.424. The number of carbonyl (C=O) groups excluding carboxylic acids is 1. The van der Waals surface area contributed by atoms with Crippen LogP contribution in [0.25, 0.3) is 22.1 Å². The maximum absolute atomic E-state index is 12.6. The first-order valence-corrected chi connectivity index (χ1v) is 10.5. The lowest BCUT2D eigenvalue weighted by Crippen LogP contribution is -2.06. The van der Waals surface area contributed by atoms with E-state index >= 15 is 0 Å². The van der Waals surface area contributed by atoms with Gasteiger partial charge in [0.05, 0.1) is 16.0 Å². The predicted molar refractivity (Wildman–Crippen MR) is 123 cm³/mol. The van der Waals surface area contributed by atoms with Gasteiger partial charge in [-0.2, -0.15) is 0 Å². The Labute approximate surface area is 195 Å². The van der Waals surface area contributed by atoms with Gasteiger partial charge in [0.15, 0.2) is 11.2 Å². The SMILES string of the molecule is CC(=O)Oc1ccc2c(=O)c(-c3cccc(Br)c3)coc2c1.Clc1ccc2c(Cl)c1O2. The standard InChI is InChI=1S/C17H11BrO4.C6H2Cl2O/c1-10(19)22-13-5-6-14-16(8-13)21-9-15(17(14)20)11-3-2-4-12(18)7-11;7-3-1-2-4-5(8)6(3)9-4/h2-9H,1H3;1-2H. The van der Waals surface area contributed by atoms with Crippen LogP contribution in [0, 0.1) is 0 Å². The highest BCUT2D eigenvalue weighted by Gasteiger charge is 2.22. The molecule has 4 aromatic rings. The van der Waals surface area contributed by atoms with Crippen LogP contribution < -0.4 is 14.9 Å². The number of fused-ring (bicyclic) bond motifs is 3. The van der Waals surface area contributed by atoms with E-state index < -0.39 is 5.97 Å². The molecule has 6 rings (SSSR count). The van der Waals surface area contributed by atoms with E-state index in [0.29, 0.717) is 38.1 Å². The monoisotopic (exact) mass is 518 g/mol. The number of hydrogen-bond donors (Lipinski definition) is 0. The second-order valence-corrected chi connectivity index (χ2v) is 8.23. The van der Waals surface area contributed by atoms with Crippen LogP contribution >= 0.6 is 39.1 Å². The second-order valence-electron chi connectivity index (χ2n) is 6.53. The Hall–Kier alpha value is -2.80. The first-order valence-electron chi connectivity index (χ1n) is 8.99. The van der Waals surface area contributed by atoms with Crippen LogP contribution in [0.5, 0.6) is 17.2 Å². The molecule has 0 amide bonds. The largest absolute Gasteiger partial charge is 0.463 e. The van der Waals surface area contributed by atoms with E-state index in [-0.39, 0.29) is 5.43 Å². The number of carbonyl (C=O) groups is 1. The summed E-state index contributed by atoms with van der Waals surface area (Å²) in [6, 6.07) is 15.7. The summed E-state index contributed by atoms with van der Waals surface area (Å²) >= 11 is 14.7. The molecule has 2 aliphatic heterocycles. The number of hydrogen-bond acceptors (Lipinski definition) is 5. The van der Waals surface area contributed by atoms with Crippen molar-refractivity contribution in [1.29, 1.82) is 0 Å². The molecule has 5 nitrogen and oxygen atoms in total. The molecule has 0 aliphatic carbocycles. The molecule has 1 aromatic heterocycles. The van der Waals surface area contributed by atoms with Crippen molar-refractivity contribution in [1.82, 2.24) is 0 Å². The molecule has 3 heterocycles. The van der Waals surface area contributed by atoms with Gasteiger partial charge in [0, 0.05) is 17.5 Å². The van der Waals surface area contributed by atoms with Gasteiger partial charge in [-0.1, -0.05) is 51.3 Å². The average Bonchev–Trinajstić information content (AvgIpc) is 2.73. The Morgan fingerprint density at radius 3 is 2.48 bits per heavy atom. The van der Waals surface area contributed by atoms with E-state index in [1.54, 1.807) is 24.3 Å². The number of rotatable bonds is 2. The van der Waals surface area contributed by atoms with E-state index in [0.717, 1.165) is 15.8 Å². The third-order valence-corrected chi connectivity index (χ3v) is 5.52. The molecule has 0 fully saturated rings. The van der Waals surface area contributed by atoms with Crippen molar-refractivity contribution in [3.63, 3.8) is 0 Å². The third kappa shape index (κ3) is 4.46. The first kappa shape index (κ1) is 21.4. The van der Waals surface area contributed by atoms with Gasteiger partial charge < -0.3 is 13.9 Å². The van der Waals surface area contributed by atoms with Gasteiger partial charge >= 0.3 is 5.97 Å². The molecule has 2 aliphatic rings. The normalized spacial score (nSPS) is 11.1. The molecule has 3 aromatic carbocycles. The summed E-state index contributed by atoms with van der Waals surface area (Å²) in [6.45, 7) is 1.32. The number of benzene rings is 3. The topological polar surface area (TPSA) is 65.7 Å². The van der Waals surface area contributed by atoms with Gasteiger partial charge in [0.25, 0.3) is 0 Å². The summed E-state index contributed by atoms with van der Waals surface area (Å²) in [4.78, 5) is 23.6. The molecule has 8 heteroatoms. The van der Waals surface area contributed by atoms with Gasteiger partial charge in [-0.15, -0.1) is 0 Å². The van der Waals surface area contributed by atoms with Gasteiger partial charge in [0.2, 0.25) is 0 Å². The summed E-state index contributed by atoms with van der Waals surface area (Å²) in [6.07, 6.45) is 1.42. The zero-order valence-corrected chi connectivity index (χ0v) is 19.0. The van der Waals surface area contributed by atoms with Crippen LogP contribution in [0.15, 0.2) is 74.5 Å². The van der Waals surface area contributed by atoms with Crippen LogP contribution in [-0.2, 0) is 4.79 Å². The fourth-order valence-electron chi connectivity index (χ4n) is 2.94. The lowest BCUT2D eigenvalue weighted by Gasteiger charge is -2.20. The predicted octanol–water partition coefficient (Wildman–Crippen LogP) is 7.25. The lowest BCUT2D eigenvalue weighted by molar-refractivity contribution is -0.131. The number of esters is 1. The van der Waals surface area contributed by atoms with E-state index in [9.17, 15) is 9.59 Å². The summed E-state index contributed by atoms with van der Waals surface area (Å²) in [5, 5.41) is 1.66. The summed E-state index contributed by atoms with van der Waals surface area (Å²) < 4.78 is 16.4. The zero-order chi connectivity index (χ0) is 22.1. The summed E-state index contributed by atoms with van der Waals surface area (Å²) in [5.41, 5.74) is 1.50. The molecule has 31 heavy (non-hydrogen) atoms. The molecule has 0 unspecified atom stereocenters. The first-order chi connectivity index (χ1) is 14.8. The quantitative estimate of drug-likeness (QED) is 0.181. The van der Waals surface area contributed by atoms with Crippen LogP contribution in [0.2, 0.25) is 10.0 Å². The molecule has 156 valence electrons. The van der Waals surface area contributed by atoms with Crippen LogP contribution in [0.3, 0.4) is 0 Å². The Morgan fingerprint density at radius 2 is 1.87 bits per heavy atom. The Morgan fingerprint density at radius 1 is 1.06 bits per heavy atom. The molecular formula is C23H13BrCl2O5. The van der Waals surface area contributed by atoms with Gasteiger partial charge in [-0.3, -0.25) is 9.59 Å². The maximum atomic E-state index is 12.6. The van der Waals surface area contributed by atoms with E-state index in [2.05, 4.69) is 15.9 Å². The van der Waals surface area contributed by atoms with E-state index in [1.807, 2.05) is 24.3 Å². The molecule has 0 saturated carbocycles. The van der Waals surface area contributed by atoms with E-state index in [1.165, 1.54) is 19.3 Å². The number of ether oxygens (including phenoxy) is 2.